The first-order valence-electron chi connectivity index (χ1n) is 12.6. The van der Waals surface area contributed by atoms with Crippen LogP contribution in [0.3, 0.4) is 0 Å². The van der Waals surface area contributed by atoms with Crippen LogP contribution in [-0.2, 0) is 15.1 Å². The Balaban J connectivity index is 0.000000479. The van der Waals surface area contributed by atoms with Gasteiger partial charge in [-0.3, -0.25) is 9.69 Å². The lowest BCUT2D eigenvalue weighted by molar-refractivity contribution is -0.192. The fourth-order valence-electron chi connectivity index (χ4n) is 5.79. The summed E-state index contributed by atoms with van der Waals surface area (Å²) in [5, 5.41) is 16.2. The first kappa shape index (κ1) is 28.7. The van der Waals surface area contributed by atoms with Crippen LogP contribution in [0.15, 0.2) is 30.3 Å². The van der Waals surface area contributed by atoms with Crippen molar-refractivity contribution < 1.29 is 37.8 Å². The Labute approximate surface area is 215 Å². The molecule has 4 rings (SSSR count). The zero-order valence-electron chi connectivity index (χ0n) is 21.3. The average Bonchev–Trinajstić information content (AvgIpc) is 3.06. The number of rotatable bonds is 7. The maximum Gasteiger partial charge on any atom is 0.490 e. The maximum absolute atomic E-state index is 13.3. The van der Waals surface area contributed by atoms with Crippen LogP contribution in [0.4, 0.5) is 18.0 Å². The van der Waals surface area contributed by atoms with E-state index in [9.17, 15) is 22.8 Å². The van der Waals surface area contributed by atoms with Crippen LogP contribution in [-0.4, -0.2) is 88.3 Å². The molecule has 1 heterocycles. The molecule has 37 heavy (non-hydrogen) atoms. The van der Waals surface area contributed by atoms with Gasteiger partial charge in [-0.15, -0.1) is 0 Å². The Hall–Kier alpha value is -2.82. The molecule has 1 saturated heterocycles. The lowest BCUT2D eigenvalue weighted by Crippen LogP contribution is -2.56. The summed E-state index contributed by atoms with van der Waals surface area (Å²) in [4.78, 5) is 39.6. The fourth-order valence-corrected chi connectivity index (χ4v) is 5.79. The second-order valence-electron chi connectivity index (χ2n) is 10.6. The summed E-state index contributed by atoms with van der Waals surface area (Å²) in [6.45, 7) is 1.82. The van der Waals surface area contributed by atoms with Gasteiger partial charge in [0.1, 0.15) is 0 Å². The highest BCUT2D eigenvalue weighted by Crippen LogP contribution is 2.49. The van der Waals surface area contributed by atoms with Crippen LogP contribution in [0.2, 0.25) is 0 Å². The van der Waals surface area contributed by atoms with Crippen molar-refractivity contribution in [2.45, 2.75) is 68.6 Å². The third-order valence-corrected chi connectivity index (χ3v) is 8.24. The summed E-state index contributed by atoms with van der Waals surface area (Å²) in [5.74, 6) is -2.99. The van der Waals surface area contributed by atoms with Gasteiger partial charge in [0.25, 0.3) is 0 Å². The number of carbonyl (C=O) groups is 3. The van der Waals surface area contributed by atoms with Crippen molar-refractivity contribution in [2.75, 3.05) is 33.7 Å². The number of aliphatic carboxylic acids is 2. The molecule has 0 aromatic heterocycles. The van der Waals surface area contributed by atoms with E-state index in [-0.39, 0.29) is 23.5 Å². The number of urea groups is 1. The molecule has 8 nitrogen and oxygen atoms in total. The smallest absolute Gasteiger partial charge is 0.481 e. The Morgan fingerprint density at radius 3 is 2.05 bits per heavy atom. The second kappa shape index (κ2) is 11.3. The Bertz CT molecular complexity index is 958. The van der Waals surface area contributed by atoms with Gasteiger partial charge in [-0.25, -0.2) is 9.59 Å². The third-order valence-electron chi connectivity index (χ3n) is 8.24. The molecule has 2 aliphatic carbocycles. The SMILES string of the molecule is CN(C)C1(c2ccccc2)CCC2(CC1)CN(CCC(=O)O)C(=O)N2CC1CCC1.O=C(O)C(F)(F)F. The molecule has 0 atom stereocenters. The maximum atomic E-state index is 13.3. The highest BCUT2D eigenvalue weighted by Gasteiger charge is 2.54. The summed E-state index contributed by atoms with van der Waals surface area (Å²) < 4.78 is 31.7. The van der Waals surface area contributed by atoms with E-state index in [1.54, 1.807) is 4.90 Å². The number of amides is 2. The van der Waals surface area contributed by atoms with Gasteiger partial charge < -0.3 is 20.0 Å². The van der Waals surface area contributed by atoms with Gasteiger partial charge in [-0.1, -0.05) is 36.8 Å². The third kappa shape index (κ3) is 6.37. The normalized spacial score (nSPS) is 26.2. The minimum Gasteiger partial charge on any atom is -0.481 e. The summed E-state index contributed by atoms with van der Waals surface area (Å²) in [6.07, 6.45) is 2.55. The molecule has 2 N–H and O–H groups in total. The van der Waals surface area contributed by atoms with Gasteiger partial charge in [-0.05, 0) is 64.1 Å². The number of benzene rings is 1. The standard InChI is InChI=1S/C24H35N3O3.C2HF3O2/c1-25(2)24(20-9-4-3-5-10-20)14-12-23(13-15-24)18-26(16-11-21(28)29)22(30)27(23)17-19-7-6-8-19;3-2(4,5)1(6)7/h3-5,9-10,19H,6-8,11-18H2,1-2H3,(H,28,29);(H,6,7). The first-order valence-corrected chi connectivity index (χ1v) is 12.6. The largest absolute Gasteiger partial charge is 0.490 e. The predicted molar refractivity (Wildman–Crippen MR) is 130 cm³/mol. The summed E-state index contributed by atoms with van der Waals surface area (Å²) in [6, 6.07) is 10.8. The molecular formula is C26H36F3N3O5. The van der Waals surface area contributed by atoms with Crippen LogP contribution < -0.4 is 0 Å². The molecule has 1 aromatic carbocycles. The number of alkyl halides is 3. The first-order chi connectivity index (χ1) is 17.3. The zero-order valence-corrected chi connectivity index (χ0v) is 21.3. The fraction of sp³-hybridized carbons (Fsp3) is 0.654. The van der Waals surface area contributed by atoms with Crippen molar-refractivity contribution in [3.63, 3.8) is 0 Å². The van der Waals surface area contributed by atoms with Crippen LogP contribution in [0.5, 0.6) is 0 Å². The van der Waals surface area contributed by atoms with E-state index < -0.39 is 18.1 Å². The lowest BCUT2D eigenvalue weighted by atomic mass is 9.68. The lowest BCUT2D eigenvalue weighted by Gasteiger charge is -2.51. The van der Waals surface area contributed by atoms with E-state index in [2.05, 4.69) is 54.2 Å². The number of carboxylic acid groups (broad SMARTS) is 2. The van der Waals surface area contributed by atoms with Crippen molar-refractivity contribution in [3.05, 3.63) is 35.9 Å². The number of hydrogen-bond acceptors (Lipinski definition) is 4. The summed E-state index contributed by atoms with van der Waals surface area (Å²) >= 11 is 0. The van der Waals surface area contributed by atoms with Gasteiger partial charge in [-0.2, -0.15) is 13.2 Å². The highest BCUT2D eigenvalue weighted by molar-refractivity contribution is 5.79. The quantitative estimate of drug-likeness (QED) is 0.545. The van der Waals surface area contributed by atoms with Crippen LogP contribution in [0.25, 0.3) is 0 Å². The molecule has 11 heteroatoms. The molecule has 3 aliphatic rings. The van der Waals surface area contributed by atoms with Crippen molar-refractivity contribution in [3.8, 4) is 0 Å². The van der Waals surface area contributed by atoms with Gasteiger partial charge in [0.2, 0.25) is 0 Å². The number of halogens is 3. The number of hydrogen-bond donors (Lipinski definition) is 2. The summed E-state index contributed by atoms with van der Waals surface area (Å²) in [7, 11) is 4.33. The van der Waals surface area contributed by atoms with E-state index in [1.165, 1.54) is 24.8 Å². The van der Waals surface area contributed by atoms with E-state index in [0.29, 0.717) is 19.0 Å². The monoisotopic (exact) mass is 527 g/mol. The van der Waals surface area contributed by atoms with Crippen molar-refractivity contribution in [1.82, 2.24) is 14.7 Å². The predicted octanol–water partition coefficient (Wildman–Crippen LogP) is 4.40. The van der Waals surface area contributed by atoms with Crippen LogP contribution in [0.1, 0.15) is 56.9 Å². The van der Waals surface area contributed by atoms with Gasteiger partial charge >= 0.3 is 24.1 Å². The van der Waals surface area contributed by atoms with Crippen molar-refractivity contribution >= 4 is 18.0 Å². The molecule has 3 fully saturated rings. The molecule has 2 amide bonds. The molecule has 1 aliphatic heterocycles. The van der Waals surface area contributed by atoms with Crippen LogP contribution in [0, 0.1) is 5.92 Å². The highest BCUT2D eigenvalue weighted by atomic mass is 19.4. The topological polar surface area (TPSA) is 101 Å². The van der Waals surface area contributed by atoms with Crippen molar-refractivity contribution in [2.24, 2.45) is 5.92 Å². The summed E-state index contributed by atoms with van der Waals surface area (Å²) in [5.41, 5.74) is 1.19. The number of carboxylic acids is 2. The molecule has 1 aromatic rings. The average molecular weight is 528 g/mol. The Kier molecular flexibility index (Phi) is 8.77. The van der Waals surface area contributed by atoms with Crippen molar-refractivity contribution in [1.29, 1.82) is 0 Å². The van der Waals surface area contributed by atoms with Gasteiger partial charge in [0.15, 0.2) is 0 Å². The minimum absolute atomic E-state index is 0.00776. The molecule has 1 spiro atoms. The van der Waals surface area contributed by atoms with E-state index in [4.69, 9.17) is 15.0 Å². The molecule has 0 radical (unpaired) electrons. The zero-order chi connectivity index (χ0) is 27.4. The van der Waals surface area contributed by atoms with Crippen LogP contribution >= 0.6 is 0 Å². The van der Waals surface area contributed by atoms with E-state index >= 15 is 0 Å². The van der Waals surface area contributed by atoms with Gasteiger partial charge in [0.05, 0.1) is 12.0 Å². The minimum atomic E-state index is -5.08. The second-order valence-corrected chi connectivity index (χ2v) is 10.6. The number of nitrogens with zero attached hydrogens (tertiary/aromatic N) is 3. The Morgan fingerprint density at radius 1 is 1.05 bits per heavy atom. The Morgan fingerprint density at radius 2 is 1.62 bits per heavy atom. The van der Waals surface area contributed by atoms with Gasteiger partial charge in [0, 0.05) is 25.2 Å². The number of carbonyl (C=O) groups excluding carboxylic acids is 1. The molecule has 0 bridgehead atoms. The van der Waals surface area contributed by atoms with E-state index in [0.717, 1.165) is 32.2 Å². The molecule has 2 saturated carbocycles. The molecule has 0 unspecified atom stereocenters. The molecular weight excluding hydrogens is 491 g/mol. The van der Waals surface area contributed by atoms with E-state index in [1.807, 2.05) is 0 Å². The molecule has 206 valence electrons.